The molecule has 1 aromatic carbocycles. The van der Waals surface area contributed by atoms with E-state index < -0.39 is 0 Å². The molecule has 23 heavy (non-hydrogen) atoms. The minimum absolute atomic E-state index is 0.198. The van der Waals surface area contributed by atoms with Crippen LogP contribution in [0, 0.1) is 0 Å². The second-order valence-electron chi connectivity index (χ2n) is 4.78. The van der Waals surface area contributed by atoms with Crippen molar-refractivity contribution in [3.05, 3.63) is 69.4 Å². The molecule has 0 saturated carbocycles. The second-order valence-corrected chi connectivity index (χ2v) is 5.82. The summed E-state index contributed by atoms with van der Waals surface area (Å²) in [6, 6.07) is 11.5. The number of nitrogens with one attached hydrogen (secondary N) is 1. The van der Waals surface area contributed by atoms with Crippen LogP contribution < -0.4 is 15.6 Å². The minimum Gasteiger partial charge on any atom is -0.492 e. The quantitative estimate of drug-likeness (QED) is 0.755. The lowest BCUT2D eigenvalue weighted by atomic mass is 10.3. The zero-order chi connectivity index (χ0) is 16.1. The molecule has 0 unspecified atom stereocenters. The Labute approximate surface area is 138 Å². The highest BCUT2D eigenvalue weighted by Crippen LogP contribution is 2.21. The molecule has 0 radical (unpaired) electrons. The summed E-state index contributed by atoms with van der Waals surface area (Å²) in [6.45, 7) is 3.04. The fraction of sp³-hybridized carbons (Fsp3) is 0.176. The van der Waals surface area contributed by atoms with E-state index in [1.807, 2.05) is 48.7 Å². The van der Waals surface area contributed by atoms with Gasteiger partial charge in [-0.25, -0.2) is 4.98 Å². The number of nitrogens with zero attached hydrogens (tertiary/aromatic N) is 2. The highest BCUT2D eigenvalue weighted by molar-refractivity contribution is 7.09. The first-order chi connectivity index (χ1) is 11.3. The predicted molar refractivity (Wildman–Crippen MR) is 92.6 cm³/mol. The van der Waals surface area contributed by atoms with Crippen molar-refractivity contribution in [2.75, 3.05) is 11.9 Å². The van der Waals surface area contributed by atoms with Gasteiger partial charge >= 0.3 is 0 Å². The maximum Gasteiger partial charge on any atom is 0.297 e. The number of para-hydroxylation sites is 2. The first-order valence-corrected chi connectivity index (χ1v) is 8.23. The average molecular weight is 327 g/mol. The van der Waals surface area contributed by atoms with E-state index >= 15 is 0 Å². The Bertz CT molecular complexity index is 828. The number of anilines is 1. The largest absolute Gasteiger partial charge is 0.492 e. The van der Waals surface area contributed by atoms with Gasteiger partial charge in [0.25, 0.3) is 5.56 Å². The monoisotopic (exact) mass is 327 g/mol. The van der Waals surface area contributed by atoms with Gasteiger partial charge in [0.15, 0.2) is 5.82 Å². The third-order valence-electron chi connectivity index (χ3n) is 3.28. The van der Waals surface area contributed by atoms with Crippen LogP contribution in [0.4, 0.5) is 5.82 Å². The molecule has 0 aliphatic heterocycles. The van der Waals surface area contributed by atoms with Crippen LogP contribution >= 0.6 is 11.3 Å². The van der Waals surface area contributed by atoms with Crippen molar-refractivity contribution in [1.29, 1.82) is 0 Å². The zero-order valence-corrected chi connectivity index (χ0v) is 13.5. The highest BCUT2D eigenvalue weighted by atomic mass is 32.1. The van der Waals surface area contributed by atoms with Crippen LogP contribution in [-0.4, -0.2) is 16.2 Å². The predicted octanol–water partition coefficient (Wildman–Crippen LogP) is 3.30. The van der Waals surface area contributed by atoms with Crippen LogP contribution in [0.5, 0.6) is 5.75 Å². The molecule has 0 saturated heterocycles. The molecule has 3 rings (SSSR count). The molecule has 0 amide bonds. The Morgan fingerprint density at radius 1 is 1.26 bits per heavy atom. The molecule has 0 fully saturated rings. The van der Waals surface area contributed by atoms with Crippen molar-refractivity contribution < 1.29 is 4.74 Å². The molecule has 118 valence electrons. The summed E-state index contributed by atoms with van der Waals surface area (Å²) in [7, 11) is 0. The normalized spacial score (nSPS) is 10.5. The van der Waals surface area contributed by atoms with Gasteiger partial charge in [-0.15, -0.1) is 11.3 Å². The summed E-state index contributed by atoms with van der Waals surface area (Å²) in [5.74, 6) is 1.000. The Morgan fingerprint density at radius 2 is 2.13 bits per heavy atom. The van der Waals surface area contributed by atoms with Crippen LogP contribution in [0.1, 0.15) is 11.8 Å². The van der Waals surface area contributed by atoms with E-state index in [2.05, 4.69) is 10.3 Å². The summed E-state index contributed by atoms with van der Waals surface area (Å²) in [5.41, 5.74) is 0.511. The third kappa shape index (κ3) is 3.43. The molecule has 0 bridgehead atoms. The molecular weight excluding hydrogens is 310 g/mol. The topological polar surface area (TPSA) is 56.1 Å². The van der Waals surface area contributed by atoms with Crippen molar-refractivity contribution in [3.63, 3.8) is 0 Å². The third-order valence-corrected chi connectivity index (χ3v) is 4.15. The molecule has 5 nitrogen and oxygen atoms in total. The fourth-order valence-electron chi connectivity index (χ4n) is 2.24. The van der Waals surface area contributed by atoms with E-state index in [-0.39, 0.29) is 5.56 Å². The summed E-state index contributed by atoms with van der Waals surface area (Å²) in [6.07, 6.45) is 3.26. The maximum absolute atomic E-state index is 12.7. The summed E-state index contributed by atoms with van der Waals surface area (Å²) < 4.78 is 7.16. The van der Waals surface area contributed by atoms with Gasteiger partial charge in [0.05, 0.1) is 18.8 Å². The maximum atomic E-state index is 12.7. The molecule has 2 aromatic heterocycles. The number of ether oxygens (including phenoxy) is 1. The van der Waals surface area contributed by atoms with Gasteiger partial charge in [-0.3, -0.25) is 9.36 Å². The summed E-state index contributed by atoms with van der Waals surface area (Å²) in [4.78, 5) is 18.0. The van der Waals surface area contributed by atoms with Crippen molar-refractivity contribution in [3.8, 4) is 11.4 Å². The van der Waals surface area contributed by atoms with Crippen molar-refractivity contribution in [1.82, 2.24) is 9.55 Å². The molecule has 6 heteroatoms. The SMILES string of the molecule is CCOc1ccccc1-n1ccnc(NCc2cccs2)c1=O. The Hall–Kier alpha value is -2.60. The first kappa shape index (κ1) is 15.3. The van der Waals surface area contributed by atoms with Gasteiger partial charge in [-0.2, -0.15) is 0 Å². The Kier molecular flexibility index (Phi) is 4.73. The van der Waals surface area contributed by atoms with Gasteiger partial charge in [0.1, 0.15) is 5.75 Å². The van der Waals surface area contributed by atoms with Gasteiger partial charge in [-0.05, 0) is 30.5 Å². The van der Waals surface area contributed by atoms with E-state index in [0.717, 1.165) is 4.88 Å². The van der Waals surface area contributed by atoms with E-state index in [9.17, 15) is 4.79 Å². The van der Waals surface area contributed by atoms with Crippen LogP contribution in [0.3, 0.4) is 0 Å². The number of hydrogen-bond donors (Lipinski definition) is 1. The Balaban J connectivity index is 1.92. The van der Waals surface area contributed by atoms with E-state index in [0.29, 0.717) is 30.4 Å². The summed E-state index contributed by atoms with van der Waals surface area (Å²) in [5, 5.41) is 5.11. The van der Waals surface area contributed by atoms with Crippen LogP contribution in [-0.2, 0) is 6.54 Å². The molecule has 3 aromatic rings. The van der Waals surface area contributed by atoms with Crippen LogP contribution in [0.2, 0.25) is 0 Å². The van der Waals surface area contributed by atoms with Gasteiger partial charge in [-0.1, -0.05) is 18.2 Å². The summed E-state index contributed by atoms with van der Waals surface area (Å²) >= 11 is 1.64. The molecule has 1 N–H and O–H groups in total. The van der Waals surface area contributed by atoms with Crippen molar-refractivity contribution in [2.45, 2.75) is 13.5 Å². The average Bonchev–Trinajstić information content (AvgIpc) is 3.08. The van der Waals surface area contributed by atoms with E-state index in [1.165, 1.54) is 0 Å². The minimum atomic E-state index is -0.198. The van der Waals surface area contributed by atoms with Crippen molar-refractivity contribution >= 4 is 17.2 Å². The number of aromatic nitrogens is 2. The lowest BCUT2D eigenvalue weighted by molar-refractivity contribution is 0.339. The molecule has 2 heterocycles. The van der Waals surface area contributed by atoms with Gasteiger partial charge in [0, 0.05) is 17.3 Å². The molecular formula is C17H17N3O2S. The van der Waals surface area contributed by atoms with Crippen LogP contribution in [0.15, 0.2) is 59.0 Å². The number of benzene rings is 1. The Morgan fingerprint density at radius 3 is 2.91 bits per heavy atom. The zero-order valence-electron chi connectivity index (χ0n) is 12.7. The first-order valence-electron chi connectivity index (χ1n) is 7.35. The standard InChI is InChI=1S/C17H17N3O2S/c1-2-22-15-8-4-3-7-14(15)20-10-9-18-16(17(20)21)19-12-13-6-5-11-23-13/h3-11H,2,12H2,1H3,(H,18,19). The van der Waals surface area contributed by atoms with Crippen LogP contribution in [0.25, 0.3) is 5.69 Å². The van der Waals surface area contributed by atoms with Gasteiger partial charge < -0.3 is 10.1 Å². The van der Waals surface area contributed by atoms with E-state index in [1.54, 1.807) is 28.3 Å². The second kappa shape index (κ2) is 7.11. The number of hydrogen-bond acceptors (Lipinski definition) is 5. The van der Waals surface area contributed by atoms with Gasteiger partial charge in [0.2, 0.25) is 0 Å². The smallest absolute Gasteiger partial charge is 0.297 e. The molecule has 0 atom stereocenters. The molecule has 0 spiro atoms. The highest BCUT2D eigenvalue weighted by Gasteiger charge is 2.10. The van der Waals surface area contributed by atoms with Crippen molar-refractivity contribution in [2.24, 2.45) is 0 Å². The van der Waals surface area contributed by atoms with E-state index in [4.69, 9.17) is 4.74 Å². The number of rotatable bonds is 6. The fourth-order valence-corrected chi connectivity index (χ4v) is 2.88. The molecule has 0 aliphatic rings. The molecule has 0 aliphatic carbocycles. The number of thiophene rings is 1. The lowest BCUT2D eigenvalue weighted by Gasteiger charge is -2.13. The lowest BCUT2D eigenvalue weighted by Crippen LogP contribution is -2.23.